The Morgan fingerprint density at radius 1 is 1.21 bits per heavy atom. The van der Waals surface area contributed by atoms with Crippen molar-refractivity contribution in [1.29, 1.82) is 0 Å². The van der Waals surface area contributed by atoms with E-state index in [0.29, 0.717) is 12.0 Å². The molecule has 2 aliphatic heterocycles. The molecule has 7 heteroatoms. The van der Waals surface area contributed by atoms with Gasteiger partial charge in [-0.2, -0.15) is 0 Å². The van der Waals surface area contributed by atoms with Gasteiger partial charge in [0.1, 0.15) is 0 Å². The normalized spacial score (nSPS) is 23.7. The number of carbonyl (C=O) groups excluding carboxylic acids is 1. The van der Waals surface area contributed by atoms with Crippen LogP contribution >= 0.6 is 0 Å². The fourth-order valence-corrected chi connectivity index (χ4v) is 4.33. The van der Waals surface area contributed by atoms with Crippen molar-refractivity contribution in [2.75, 3.05) is 32.8 Å². The average molecular weight is 386 g/mol. The second kappa shape index (κ2) is 8.19. The molecule has 0 radical (unpaired) electrons. The van der Waals surface area contributed by atoms with Crippen LogP contribution in [0.3, 0.4) is 0 Å². The quantitative estimate of drug-likeness (QED) is 0.709. The molecular formula is C21H30N4O3. The molecule has 4 heterocycles. The molecule has 0 aromatic carbocycles. The summed E-state index contributed by atoms with van der Waals surface area (Å²) in [6, 6.07) is 4.42. The topological polar surface area (TPSA) is 63.7 Å². The zero-order chi connectivity index (χ0) is 19.7. The minimum absolute atomic E-state index is 0.118. The molecule has 4 rings (SSSR count). The van der Waals surface area contributed by atoms with Gasteiger partial charge in [-0.25, -0.2) is 0 Å². The first kappa shape index (κ1) is 19.4. The number of hydrogen-bond acceptors (Lipinski definition) is 6. The summed E-state index contributed by atoms with van der Waals surface area (Å²) in [6.07, 6.45) is 2.83. The third-order valence-corrected chi connectivity index (χ3v) is 5.89. The highest BCUT2D eigenvalue weighted by Crippen LogP contribution is 2.23. The first-order valence-corrected chi connectivity index (χ1v) is 10.2. The predicted molar refractivity (Wildman–Crippen MR) is 105 cm³/mol. The molecule has 2 fully saturated rings. The van der Waals surface area contributed by atoms with E-state index in [1.807, 2.05) is 19.3 Å². The second-order valence-electron chi connectivity index (χ2n) is 8.21. The lowest BCUT2D eigenvalue weighted by Gasteiger charge is -2.30. The van der Waals surface area contributed by atoms with Crippen LogP contribution in [0.5, 0.6) is 0 Å². The van der Waals surface area contributed by atoms with Crippen molar-refractivity contribution < 1.29 is 14.1 Å². The Morgan fingerprint density at radius 2 is 2.07 bits per heavy atom. The number of rotatable bonds is 6. The van der Waals surface area contributed by atoms with E-state index in [2.05, 4.69) is 32.5 Å². The molecule has 0 aliphatic carbocycles. The van der Waals surface area contributed by atoms with E-state index in [1.54, 1.807) is 6.92 Å². The number of hydrogen-bond donors (Lipinski definition) is 0. The number of carbonyl (C=O) groups is 1. The zero-order valence-corrected chi connectivity index (χ0v) is 17.1. The van der Waals surface area contributed by atoms with Crippen LogP contribution in [0, 0.1) is 5.92 Å². The maximum absolute atomic E-state index is 11.7. The molecule has 2 aromatic rings. The number of nitrogens with zero attached hydrogens (tertiary/aromatic N) is 4. The molecule has 2 bridgehead atoms. The summed E-state index contributed by atoms with van der Waals surface area (Å²) >= 11 is 0. The molecule has 0 unspecified atom stereocenters. The SMILES string of the molecule is CCc1cc(CN2C[C@H]3COC[C@@H]2CN(Cc2cc(C(C)=O)cn2C)C3)on1. The lowest BCUT2D eigenvalue weighted by atomic mass is 10.1. The maximum Gasteiger partial charge on any atom is 0.161 e. The van der Waals surface area contributed by atoms with Crippen molar-refractivity contribution in [3.8, 4) is 0 Å². The molecule has 2 aliphatic rings. The molecule has 2 saturated heterocycles. The number of Topliss-reactive ketones (excluding diaryl/α,β-unsaturated/α-hetero) is 1. The Bertz CT molecular complexity index is 827. The van der Waals surface area contributed by atoms with Crippen LogP contribution in [0.1, 0.15) is 41.4 Å². The van der Waals surface area contributed by atoms with Crippen molar-refractivity contribution in [1.82, 2.24) is 19.5 Å². The number of ether oxygens (including phenoxy) is 1. The average Bonchev–Trinajstić information content (AvgIpc) is 3.14. The van der Waals surface area contributed by atoms with Crippen LogP contribution in [0.4, 0.5) is 0 Å². The van der Waals surface area contributed by atoms with E-state index in [0.717, 1.165) is 69.4 Å². The molecule has 0 spiro atoms. The number of ketones is 1. The van der Waals surface area contributed by atoms with Gasteiger partial charge in [0.15, 0.2) is 11.5 Å². The van der Waals surface area contributed by atoms with Gasteiger partial charge in [0.2, 0.25) is 0 Å². The standard InChI is InChI=1S/C21H30N4O3/c1-4-18-6-21(28-22-18)12-25-8-16-7-24(11-20(25)14-27-13-16)10-19-5-17(15(2)26)9-23(19)3/h5-6,9,16,20H,4,7-8,10-14H2,1-3H3/t16-,20-/m0/s1. The van der Waals surface area contributed by atoms with E-state index in [9.17, 15) is 4.79 Å². The molecule has 0 saturated carbocycles. The highest BCUT2D eigenvalue weighted by atomic mass is 16.5. The third-order valence-electron chi connectivity index (χ3n) is 5.89. The first-order valence-electron chi connectivity index (χ1n) is 10.2. The first-order chi connectivity index (χ1) is 13.5. The van der Waals surface area contributed by atoms with E-state index in [4.69, 9.17) is 9.26 Å². The van der Waals surface area contributed by atoms with Crippen molar-refractivity contribution in [3.63, 3.8) is 0 Å². The molecule has 28 heavy (non-hydrogen) atoms. The Balaban J connectivity index is 1.47. The molecule has 2 aromatic heterocycles. The fraction of sp³-hybridized carbons (Fsp3) is 0.619. The molecule has 0 N–H and O–H groups in total. The van der Waals surface area contributed by atoms with Crippen molar-refractivity contribution in [2.24, 2.45) is 13.0 Å². The Morgan fingerprint density at radius 3 is 2.79 bits per heavy atom. The van der Waals surface area contributed by atoms with Gasteiger partial charge in [0, 0.05) is 68.7 Å². The number of fused-ring (bicyclic) bond motifs is 3. The maximum atomic E-state index is 11.7. The van der Waals surface area contributed by atoms with Gasteiger partial charge >= 0.3 is 0 Å². The molecular weight excluding hydrogens is 356 g/mol. The van der Waals surface area contributed by atoms with Crippen LogP contribution in [-0.4, -0.2) is 64.2 Å². The largest absolute Gasteiger partial charge is 0.379 e. The minimum atomic E-state index is 0.118. The Hall–Kier alpha value is -1.96. The van der Waals surface area contributed by atoms with E-state index >= 15 is 0 Å². The van der Waals surface area contributed by atoms with Crippen LogP contribution in [0.2, 0.25) is 0 Å². The third kappa shape index (κ3) is 4.21. The summed E-state index contributed by atoms with van der Waals surface area (Å²) in [4.78, 5) is 16.7. The van der Waals surface area contributed by atoms with Crippen LogP contribution < -0.4 is 0 Å². The van der Waals surface area contributed by atoms with Crippen LogP contribution in [0.15, 0.2) is 22.9 Å². The smallest absolute Gasteiger partial charge is 0.161 e. The highest BCUT2D eigenvalue weighted by Gasteiger charge is 2.34. The zero-order valence-electron chi connectivity index (χ0n) is 17.1. The molecule has 7 nitrogen and oxygen atoms in total. The molecule has 152 valence electrons. The lowest BCUT2D eigenvalue weighted by Crippen LogP contribution is -2.43. The van der Waals surface area contributed by atoms with E-state index in [-0.39, 0.29) is 5.78 Å². The molecule has 0 amide bonds. The summed E-state index contributed by atoms with van der Waals surface area (Å²) in [6.45, 7) is 9.85. The van der Waals surface area contributed by atoms with Crippen molar-refractivity contribution >= 4 is 5.78 Å². The second-order valence-corrected chi connectivity index (χ2v) is 8.21. The summed E-state index contributed by atoms with van der Waals surface area (Å²) in [5.74, 6) is 1.52. The monoisotopic (exact) mass is 386 g/mol. The number of aryl methyl sites for hydroxylation is 2. The number of aromatic nitrogens is 2. The van der Waals surface area contributed by atoms with E-state index < -0.39 is 0 Å². The van der Waals surface area contributed by atoms with Gasteiger partial charge < -0.3 is 13.8 Å². The highest BCUT2D eigenvalue weighted by molar-refractivity contribution is 5.94. The molecule has 2 atom stereocenters. The van der Waals surface area contributed by atoms with Gasteiger partial charge in [-0.1, -0.05) is 12.1 Å². The Kier molecular flexibility index (Phi) is 5.66. The van der Waals surface area contributed by atoms with Crippen LogP contribution in [-0.2, 0) is 31.3 Å². The van der Waals surface area contributed by atoms with Gasteiger partial charge in [-0.3, -0.25) is 14.6 Å². The van der Waals surface area contributed by atoms with Crippen LogP contribution in [0.25, 0.3) is 0 Å². The lowest BCUT2D eigenvalue weighted by molar-refractivity contribution is 0.0451. The Labute approximate surface area is 166 Å². The predicted octanol–water partition coefficient (Wildman–Crippen LogP) is 2.11. The van der Waals surface area contributed by atoms with Crippen molar-refractivity contribution in [2.45, 2.75) is 39.4 Å². The fourth-order valence-electron chi connectivity index (χ4n) is 4.33. The van der Waals surface area contributed by atoms with E-state index in [1.165, 1.54) is 5.69 Å². The summed E-state index contributed by atoms with van der Waals surface area (Å²) in [7, 11) is 2.02. The summed E-state index contributed by atoms with van der Waals surface area (Å²) in [5.41, 5.74) is 2.98. The van der Waals surface area contributed by atoms with Crippen molar-refractivity contribution in [3.05, 3.63) is 41.0 Å². The van der Waals surface area contributed by atoms with Gasteiger partial charge in [0.05, 0.1) is 25.5 Å². The van der Waals surface area contributed by atoms with Gasteiger partial charge in [-0.05, 0) is 19.4 Å². The summed E-state index contributed by atoms with van der Waals surface area (Å²) < 4.78 is 13.6. The summed E-state index contributed by atoms with van der Waals surface area (Å²) in [5, 5.41) is 4.13. The van der Waals surface area contributed by atoms with Gasteiger partial charge in [0.25, 0.3) is 0 Å². The van der Waals surface area contributed by atoms with Gasteiger partial charge in [-0.15, -0.1) is 0 Å². The minimum Gasteiger partial charge on any atom is -0.379 e.